The number of hydrogen-bond acceptors (Lipinski definition) is 6. The van der Waals surface area contributed by atoms with Crippen LogP contribution >= 0.6 is 0 Å². The van der Waals surface area contributed by atoms with Gasteiger partial charge in [-0.05, 0) is 35.4 Å². The third-order valence-corrected chi connectivity index (χ3v) is 6.03. The number of nitrogens with zero attached hydrogens (tertiary/aromatic N) is 2. The minimum Gasteiger partial charge on any atom is -0.426 e. The summed E-state index contributed by atoms with van der Waals surface area (Å²) in [5, 5.41) is 35.8. The third kappa shape index (κ3) is 7.27. The number of benzene rings is 2. The highest BCUT2D eigenvalue weighted by Crippen LogP contribution is 2.19. The van der Waals surface area contributed by atoms with Crippen LogP contribution in [0.2, 0.25) is 0 Å². The lowest BCUT2D eigenvalue weighted by molar-refractivity contribution is -0.384. The Morgan fingerprint density at radius 1 is 1.09 bits per heavy atom. The molecule has 0 bridgehead atoms. The molecule has 3 amide bonds. The molecule has 2 atom stereocenters. The van der Waals surface area contributed by atoms with Crippen molar-refractivity contribution in [2.24, 2.45) is 5.92 Å². The molecule has 0 unspecified atom stereocenters. The number of amides is 3. The molecule has 0 fully saturated rings. The van der Waals surface area contributed by atoms with Gasteiger partial charge in [-0.15, -0.1) is 0 Å². The smallest absolute Gasteiger partial charge is 0.426 e. The highest BCUT2D eigenvalue weighted by atomic mass is 16.6. The summed E-state index contributed by atoms with van der Waals surface area (Å²) >= 11 is 0. The molecule has 0 aliphatic carbocycles. The first-order valence-electron chi connectivity index (χ1n) is 11.7. The van der Waals surface area contributed by atoms with E-state index in [1.807, 2.05) is 38.1 Å². The maximum absolute atomic E-state index is 13.2. The van der Waals surface area contributed by atoms with Gasteiger partial charge in [0.05, 0.1) is 10.9 Å². The average molecular weight is 482 g/mol. The number of fused-ring (bicyclic) bond motifs is 1. The van der Waals surface area contributed by atoms with Crippen molar-refractivity contribution in [3.8, 4) is 0 Å². The molecule has 3 rings (SSSR count). The van der Waals surface area contributed by atoms with Gasteiger partial charge in [0.25, 0.3) is 5.69 Å². The first-order valence-corrected chi connectivity index (χ1v) is 11.7. The summed E-state index contributed by atoms with van der Waals surface area (Å²) in [7, 11) is -1.75. The molecule has 4 N–H and O–H groups in total. The van der Waals surface area contributed by atoms with Gasteiger partial charge >= 0.3 is 13.1 Å². The van der Waals surface area contributed by atoms with Crippen LogP contribution in [0.15, 0.2) is 48.5 Å². The molecule has 2 aromatic carbocycles. The Morgan fingerprint density at radius 2 is 1.74 bits per heavy atom. The van der Waals surface area contributed by atoms with E-state index in [-0.39, 0.29) is 18.0 Å². The Balaban J connectivity index is 1.76. The Kier molecular flexibility index (Phi) is 8.83. The van der Waals surface area contributed by atoms with Gasteiger partial charge in [-0.3, -0.25) is 14.9 Å². The zero-order chi connectivity index (χ0) is 25.5. The lowest BCUT2D eigenvalue weighted by Crippen LogP contribution is -2.57. The largest absolute Gasteiger partial charge is 0.475 e. The lowest BCUT2D eigenvalue weighted by atomic mass is 9.75. The Hall–Kier alpha value is -3.44. The summed E-state index contributed by atoms with van der Waals surface area (Å²) in [6.45, 7) is 4.71. The Bertz CT molecular complexity index is 1050. The van der Waals surface area contributed by atoms with Crippen molar-refractivity contribution in [1.82, 2.24) is 15.5 Å². The zero-order valence-corrected chi connectivity index (χ0v) is 19.9. The third-order valence-electron chi connectivity index (χ3n) is 6.03. The van der Waals surface area contributed by atoms with E-state index in [1.165, 1.54) is 29.8 Å². The summed E-state index contributed by atoms with van der Waals surface area (Å²) in [5.41, 5.74) is 2.77. The van der Waals surface area contributed by atoms with E-state index in [2.05, 4.69) is 10.6 Å². The van der Waals surface area contributed by atoms with Crippen molar-refractivity contribution in [3.05, 3.63) is 75.3 Å². The zero-order valence-electron chi connectivity index (χ0n) is 19.9. The van der Waals surface area contributed by atoms with Crippen molar-refractivity contribution < 1.29 is 24.6 Å². The van der Waals surface area contributed by atoms with Gasteiger partial charge in [-0.25, -0.2) is 4.79 Å². The first kappa shape index (κ1) is 26.2. The number of nitrogens with one attached hydrogen (secondary N) is 2. The van der Waals surface area contributed by atoms with E-state index in [4.69, 9.17) is 0 Å². The predicted molar refractivity (Wildman–Crippen MR) is 131 cm³/mol. The van der Waals surface area contributed by atoms with E-state index in [9.17, 15) is 29.8 Å². The second-order valence-electron chi connectivity index (χ2n) is 9.23. The van der Waals surface area contributed by atoms with Crippen molar-refractivity contribution in [2.45, 2.75) is 51.6 Å². The fourth-order valence-corrected chi connectivity index (χ4v) is 4.15. The number of urea groups is 1. The highest BCUT2D eigenvalue weighted by molar-refractivity contribution is 6.43. The molecule has 0 saturated heterocycles. The van der Waals surface area contributed by atoms with Gasteiger partial charge in [0.1, 0.15) is 6.04 Å². The summed E-state index contributed by atoms with van der Waals surface area (Å²) in [6, 6.07) is 12.2. The molecular formula is C24H31BN4O6. The van der Waals surface area contributed by atoms with Crippen LogP contribution in [0, 0.1) is 16.0 Å². The summed E-state index contributed by atoms with van der Waals surface area (Å²) in [6.07, 6.45) is 1.12. The maximum Gasteiger partial charge on any atom is 0.475 e. The predicted octanol–water partition coefficient (Wildman–Crippen LogP) is 1.82. The van der Waals surface area contributed by atoms with Crippen LogP contribution in [0.1, 0.15) is 37.0 Å². The van der Waals surface area contributed by atoms with Crippen LogP contribution in [0.4, 0.5) is 10.5 Å². The van der Waals surface area contributed by atoms with Gasteiger partial charge in [-0.1, -0.05) is 50.2 Å². The number of nitro benzene ring substituents is 1. The molecule has 1 heterocycles. The molecule has 0 saturated carbocycles. The van der Waals surface area contributed by atoms with Gasteiger partial charge in [0.15, 0.2) is 0 Å². The monoisotopic (exact) mass is 482 g/mol. The molecule has 2 aromatic rings. The molecule has 10 nitrogen and oxygen atoms in total. The average Bonchev–Trinajstić information content (AvgIpc) is 2.82. The number of hydrogen-bond donors (Lipinski definition) is 4. The van der Waals surface area contributed by atoms with Crippen LogP contribution in [0.5, 0.6) is 0 Å². The second kappa shape index (κ2) is 11.8. The first-order chi connectivity index (χ1) is 16.6. The van der Waals surface area contributed by atoms with E-state index in [1.54, 1.807) is 4.90 Å². The number of carbonyl (C=O) groups is 2. The molecule has 0 spiro atoms. The van der Waals surface area contributed by atoms with Crippen LogP contribution in [0.3, 0.4) is 0 Å². The molecule has 11 heteroatoms. The quantitative estimate of drug-likeness (QED) is 0.244. The van der Waals surface area contributed by atoms with Gasteiger partial charge in [-0.2, -0.15) is 0 Å². The molecule has 0 aromatic heterocycles. The minimum atomic E-state index is -1.75. The number of non-ortho nitro benzene ring substituents is 1. The van der Waals surface area contributed by atoms with Gasteiger partial charge in [0, 0.05) is 31.6 Å². The fraction of sp³-hybridized carbons (Fsp3) is 0.417. The molecule has 1 aliphatic rings. The van der Waals surface area contributed by atoms with Gasteiger partial charge in [0.2, 0.25) is 5.91 Å². The highest BCUT2D eigenvalue weighted by Gasteiger charge is 2.31. The van der Waals surface area contributed by atoms with Crippen LogP contribution in [-0.4, -0.2) is 57.5 Å². The second-order valence-corrected chi connectivity index (χ2v) is 9.23. The molecule has 186 valence electrons. The Morgan fingerprint density at radius 3 is 2.34 bits per heavy atom. The van der Waals surface area contributed by atoms with E-state index in [0.717, 1.165) is 5.56 Å². The number of rotatable bonds is 9. The van der Waals surface area contributed by atoms with Crippen molar-refractivity contribution in [2.75, 3.05) is 6.54 Å². The molecule has 0 radical (unpaired) electrons. The summed E-state index contributed by atoms with van der Waals surface area (Å²) in [4.78, 5) is 38.3. The van der Waals surface area contributed by atoms with E-state index < -0.39 is 36.0 Å². The van der Waals surface area contributed by atoms with Crippen LogP contribution in [-0.2, 0) is 24.2 Å². The molecule has 1 aliphatic heterocycles. The minimum absolute atomic E-state index is 0.0776. The normalized spacial score (nSPS) is 14.6. The van der Waals surface area contributed by atoms with Crippen LogP contribution in [0.25, 0.3) is 0 Å². The van der Waals surface area contributed by atoms with Gasteiger partial charge < -0.3 is 25.6 Å². The van der Waals surface area contributed by atoms with Crippen molar-refractivity contribution >= 4 is 24.7 Å². The van der Waals surface area contributed by atoms with Crippen molar-refractivity contribution in [1.29, 1.82) is 0 Å². The van der Waals surface area contributed by atoms with E-state index >= 15 is 0 Å². The topological polar surface area (TPSA) is 145 Å². The molecule has 35 heavy (non-hydrogen) atoms. The molecular weight excluding hydrogens is 451 g/mol. The number of carbonyl (C=O) groups excluding carboxylic acids is 2. The van der Waals surface area contributed by atoms with Crippen LogP contribution < -0.4 is 10.6 Å². The summed E-state index contributed by atoms with van der Waals surface area (Å²) in [5.74, 6) is -1.37. The fourth-order valence-electron chi connectivity index (χ4n) is 4.15. The van der Waals surface area contributed by atoms with E-state index in [0.29, 0.717) is 31.5 Å². The number of nitro groups is 1. The standard InChI is InChI=1S/C24H31BN4O6/c1-16(2)13-22(25(32)33)27-23(30)21(14-17-7-9-20(10-8-17)29(34)35)26-24(31)28-12-11-18-5-3-4-6-19(18)15-28/h3-10,16,21-22,32-33H,11-15H2,1-2H3,(H,26,31)(H,27,30)/t21-,22-/m0/s1. The SMILES string of the molecule is CC(C)C[C@H](NC(=O)[C@H](Cc1ccc([N+](=O)[O-])cc1)NC(=O)N1CCc2ccccc2C1)B(O)O. The maximum atomic E-state index is 13.2. The van der Waals surface area contributed by atoms with Crippen molar-refractivity contribution in [3.63, 3.8) is 0 Å². The summed E-state index contributed by atoms with van der Waals surface area (Å²) < 4.78 is 0. The Labute approximate surface area is 204 Å². The lowest BCUT2D eigenvalue weighted by Gasteiger charge is -2.31.